The second-order valence-electron chi connectivity index (χ2n) is 5.60. The van der Waals surface area contributed by atoms with Gasteiger partial charge in [0.2, 0.25) is 11.7 Å². The zero-order valence-corrected chi connectivity index (χ0v) is 10.8. The van der Waals surface area contributed by atoms with E-state index in [2.05, 4.69) is 10.1 Å². The molecule has 2 aliphatic carbocycles. The first-order valence-electron chi connectivity index (χ1n) is 6.89. The maximum atomic E-state index is 5.91. The number of nitrogens with two attached hydrogens (primary N) is 1. The Hall–Kier alpha value is -0.940. The topological polar surface area (TPSA) is 74.2 Å². The molecule has 3 rings (SSSR count). The standard InChI is InChI=1S/C13H21N3O2/c1-17-11(8-2-3-8)12-15-13(18-16-12)9-4-6-10(14)7-5-9/h8-11H,2-7,14H2,1H3. The smallest absolute Gasteiger partial charge is 0.229 e. The summed E-state index contributed by atoms with van der Waals surface area (Å²) in [5, 5.41) is 4.10. The van der Waals surface area contributed by atoms with E-state index in [-0.39, 0.29) is 6.10 Å². The summed E-state index contributed by atoms with van der Waals surface area (Å²) in [7, 11) is 1.72. The zero-order chi connectivity index (χ0) is 12.5. The second-order valence-corrected chi connectivity index (χ2v) is 5.60. The molecule has 2 N–H and O–H groups in total. The van der Waals surface area contributed by atoms with Crippen LogP contribution in [0.4, 0.5) is 0 Å². The van der Waals surface area contributed by atoms with Crippen molar-refractivity contribution in [3.8, 4) is 0 Å². The second kappa shape index (κ2) is 4.97. The minimum atomic E-state index is 0.0216. The molecule has 1 aromatic heterocycles. The van der Waals surface area contributed by atoms with Crippen LogP contribution >= 0.6 is 0 Å². The van der Waals surface area contributed by atoms with E-state index in [9.17, 15) is 0 Å². The van der Waals surface area contributed by atoms with Crippen molar-refractivity contribution in [3.63, 3.8) is 0 Å². The van der Waals surface area contributed by atoms with Crippen LogP contribution in [-0.4, -0.2) is 23.3 Å². The fourth-order valence-corrected chi connectivity index (χ4v) is 2.80. The van der Waals surface area contributed by atoms with Gasteiger partial charge in [-0.1, -0.05) is 5.16 Å². The Kier molecular flexibility index (Phi) is 3.35. The van der Waals surface area contributed by atoms with Crippen LogP contribution in [0.3, 0.4) is 0 Å². The Morgan fingerprint density at radius 3 is 2.56 bits per heavy atom. The average molecular weight is 251 g/mol. The van der Waals surface area contributed by atoms with Crippen LogP contribution in [0.1, 0.15) is 62.3 Å². The van der Waals surface area contributed by atoms with E-state index in [4.69, 9.17) is 15.0 Å². The van der Waals surface area contributed by atoms with Crippen LogP contribution in [0.2, 0.25) is 0 Å². The molecular formula is C13H21N3O2. The quantitative estimate of drug-likeness (QED) is 0.887. The molecule has 5 nitrogen and oxygen atoms in total. The van der Waals surface area contributed by atoms with E-state index < -0.39 is 0 Å². The van der Waals surface area contributed by atoms with Gasteiger partial charge in [-0.3, -0.25) is 0 Å². The van der Waals surface area contributed by atoms with Gasteiger partial charge in [0.05, 0.1) is 0 Å². The molecule has 0 radical (unpaired) electrons. The fraction of sp³-hybridized carbons (Fsp3) is 0.846. The molecule has 0 amide bonds. The van der Waals surface area contributed by atoms with Crippen LogP contribution in [-0.2, 0) is 4.74 Å². The van der Waals surface area contributed by atoms with Crippen molar-refractivity contribution >= 4 is 0 Å². The summed E-state index contributed by atoms with van der Waals surface area (Å²) in [5.74, 6) is 2.48. The van der Waals surface area contributed by atoms with Crippen LogP contribution in [0, 0.1) is 5.92 Å². The number of ether oxygens (including phenoxy) is 1. The Morgan fingerprint density at radius 1 is 1.22 bits per heavy atom. The van der Waals surface area contributed by atoms with Gasteiger partial charge < -0.3 is 15.0 Å². The third-order valence-electron chi connectivity index (χ3n) is 4.14. The summed E-state index contributed by atoms with van der Waals surface area (Å²) < 4.78 is 10.9. The first kappa shape index (κ1) is 12.1. The minimum Gasteiger partial charge on any atom is -0.373 e. The highest BCUT2D eigenvalue weighted by Gasteiger charge is 2.36. The Balaban J connectivity index is 1.68. The van der Waals surface area contributed by atoms with E-state index in [0.29, 0.717) is 17.9 Å². The van der Waals surface area contributed by atoms with Crippen molar-refractivity contribution in [3.05, 3.63) is 11.7 Å². The molecule has 0 spiro atoms. The van der Waals surface area contributed by atoms with Gasteiger partial charge in [-0.05, 0) is 44.4 Å². The Labute approximate surface area is 107 Å². The van der Waals surface area contributed by atoms with Gasteiger partial charge in [0.1, 0.15) is 6.10 Å². The summed E-state index contributed by atoms with van der Waals surface area (Å²) >= 11 is 0. The van der Waals surface area contributed by atoms with Gasteiger partial charge in [-0.15, -0.1) is 0 Å². The largest absolute Gasteiger partial charge is 0.373 e. The third-order valence-corrected chi connectivity index (χ3v) is 4.14. The summed E-state index contributed by atoms with van der Waals surface area (Å²) in [6.07, 6.45) is 6.67. The van der Waals surface area contributed by atoms with Crippen LogP contribution in [0.25, 0.3) is 0 Å². The van der Waals surface area contributed by atoms with Crippen LogP contribution in [0.15, 0.2) is 4.52 Å². The van der Waals surface area contributed by atoms with E-state index in [1.165, 1.54) is 12.8 Å². The Morgan fingerprint density at radius 2 is 1.94 bits per heavy atom. The van der Waals surface area contributed by atoms with Gasteiger partial charge in [-0.2, -0.15) is 4.98 Å². The highest BCUT2D eigenvalue weighted by atomic mass is 16.5. The lowest BCUT2D eigenvalue weighted by atomic mass is 9.86. The van der Waals surface area contributed by atoms with Gasteiger partial charge in [-0.25, -0.2) is 0 Å². The molecule has 100 valence electrons. The highest BCUT2D eigenvalue weighted by Crippen LogP contribution is 2.42. The first-order valence-corrected chi connectivity index (χ1v) is 6.89. The predicted molar refractivity (Wildman–Crippen MR) is 66.0 cm³/mol. The first-order chi connectivity index (χ1) is 8.78. The van der Waals surface area contributed by atoms with Gasteiger partial charge in [0.15, 0.2) is 0 Å². The van der Waals surface area contributed by atoms with Crippen molar-refractivity contribution in [2.75, 3.05) is 7.11 Å². The lowest BCUT2D eigenvalue weighted by molar-refractivity contribution is 0.0751. The van der Waals surface area contributed by atoms with Gasteiger partial charge in [0, 0.05) is 19.1 Å². The number of hydrogen-bond donors (Lipinski definition) is 1. The number of methoxy groups -OCH3 is 1. The number of rotatable bonds is 4. The molecule has 0 aliphatic heterocycles. The van der Waals surface area contributed by atoms with Crippen molar-refractivity contribution in [2.24, 2.45) is 11.7 Å². The zero-order valence-electron chi connectivity index (χ0n) is 10.8. The maximum absolute atomic E-state index is 5.91. The van der Waals surface area contributed by atoms with Crippen LogP contribution in [0.5, 0.6) is 0 Å². The molecule has 0 saturated heterocycles. The van der Waals surface area contributed by atoms with E-state index in [0.717, 1.165) is 37.4 Å². The van der Waals surface area contributed by atoms with Crippen LogP contribution < -0.4 is 5.73 Å². The summed E-state index contributed by atoms with van der Waals surface area (Å²) in [5.41, 5.74) is 5.91. The fourth-order valence-electron chi connectivity index (χ4n) is 2.80. The molecular weight excluding hydrogens is 230 g/mol. The van der Waals surface area contributed by atoms with Gasteiger partial charge >= 0.3 is 0 Å². The van der Waals surface area contributed by atoms with E-state index >= 15 is 0 Å². The van der Waals surface area contributed by atoms with E-state index in [1.807, 2.05) is 0 Å². The van der Waals surface area contributed by atoms with Gasteiger partial charge in [0.25, 0.3) is 0 Å². The Bertz CT molecular complexity index is 395. The maximum Gasteiger partial charge on any atom is 0.229 e. The molecule has 0 bridgehead atoms. The van der Waals surface area contributed by atoms with Crippen molar-refractivity contribution in [1.29, 1.82) is 0 Å². The molecule has 0 aromatic carbocycles. The summed E-state index contributed by atoms with van der Waals surface area (Å²) in [6, 6.07) is 0.349. The average Bonchev–Trinajstić information content (AvgIpc) is 3.09. The van der Waals surface area contributed by atoms with E-state index in [1.54, 1.807) is 7.11 Å². The molecule has 1 aromatic rings. The lowest BCUT2D eigenvalue weighted by Gasteiger charge is -2.23. The number of aromatic nitrogens is 2. The van der Waals surface area contributed by atoms with Crippen molar-refractivity contribution < 1.29 is 9.26 Å². The molecule has 5 heteroatoms. The molecule has 2 fully saturated rings. The highest BCUT2D eigenvalue weighted by molar-refractivity contribution is 5.02. The summed E-state index contributed by atoms with van der Waals surface area (Å²) in [6.45, 7) is 0. The monoisotopic (exact) mass is 251 g/mol. The molecule has 18 heavy (non-hydrogen) atoms. The predicted octanol–water partition coefficient (Wildman–Crippen LogP) is 2.15. The normalized spacial score (nSPS) is 30.3. The molecule has 1 atom stereocenters. The van der Waals surface area contributed by atoms with Crippen molar-refractivity contribution in [1.82, 2.24) is 10.1 Å². The minimum absolute atomic E-state index is 0.0216. The molecule has 1 unspecified atom stereocenters. The number of nitrogens with zero attached hydrogens (tertiary/aromatic N) is 2. The summed E-state index contributed by atoms with van der Waals surface area (Å²) in [4.78, 5) is 4.55. The molecule has 2 aliphatic rings. The SMILES string of the molecule is COC(c1noc(C2CCC(N)CC2)n1)C1CC1. The molecule has 1 heterocycles. The number of hydrogen-bond acceptors (Lipinski definition) is 5. The lowest BCUT2D eigenvalue weighted by Crippen LogP contribution is -2.25. The van der Waals surface area contributed by atoms with Crippen molar-refractivity contribution in [2.45, 2.75) is 56.6 Å². The third kappa shape index (κ3) is 2.42. The molecule has 2 saturated carbocycles.